The summed E-state index contributed by atoms with van der Waals surface area (Å²) in [6.07, 6.45) is 1.35. The predicted octanol–water partition coefficient (Wildman–Crippen LogP) is 3.55. The van der Waals surface area contributed by atoms with Crippen LogP contribution >= 0.6 is 0 Å². The van der Waals surface area contributed by atoms with Gasteiger partial charge in [-0.1, -0.05) is 0 Å². The van der Waals surface area contributed by atoms with Crippen molar-refractivity contribution in [2.24, 2.45) is 5.10 Å². The highest BCUT2D eigenvalue weighted by Gasteiger charge is 2.16. The highest BCUT2D eigenvalue weighted by Crippen LogP contribution is 2.22. The summed E-state index contributed by atoms with van der Waals surface area (Å²) in [4.78, 5) is 32.4. The van der Waals surface area contributed by atoms with E-state index in [4.69, 9.17) is 4.74 Å². The summed E-state index contributed by atoms with van der Waals surface area (Å²) in [5.41, 5.74) is 3.00. The molecular weight excluding hydrogens is 420 g/mol. The number of ether oxygens (including phenoxy) is 1. The number of phenols is 1. The van der Waals surface area contributed by atoms with E-state index in [0.29, 0.717) is 11.3 Å². The van der Waals surface area contributed by atoms with Gasteiger partial charge in [-0.2, -0.15) is 5.10 Å². The Kier molecular flexibility index (Phi) is 6.71. The number of nitrogens with zero attached hydrogens (tertiary/aromatic N) is 3. The van der Waals surface area contributed by atoms with Gasteiger partial charge in [0.05, 0.1) is 21.6 Å². The number of nitro groups is 2. The molecule has 3 aromatic carbocycles. The van der Waals surface area contributed by atoms with Gasteiger partial charge in [0.1, 0.15) is 18.1 Å². The molecule has 0 radical (unpaired) electrons. The third-order valence-electron chi connectivity index (χ3n) is 4.25. The topological polar surface area (TPSA) is 157 Å². The van der Waals surface area contributed by atoms with E-state index in [0.717, 1.165) is 23.8 Å². The molecule has 0 heterocycles. The third-order valence-corrected chi connectivity index (χ3v) is 4.25. The second-order valence-corrected chi connectivity index (χ2v) is 6.44. The standard InChI is InChI=1S/C21H16N4O7/c26-20-10-7-17(25(30)31)11-19(20)21(27)23-22-12-14-3-8-18(9-4-14)32-13-15-1-5-16(6-2-15)24(28)29/h1-12,26H,13H2,(H,23,27)/b22-12+. The summed E-state index contributed by atoms with van der Waals surface area (Å²) in [5, 5.41) is 35.0. The molecule has 0 aliphatic carbocycles. The maximum atomic E-state index is 12.1. The second kappa shape index (κ2) is 9.80. The zero-order chi connectivity index (χ0) is 23.1. The largest absolute Gasteiger partial charge is 0.507 e. The lowest BCUT2D eigenvalue weighted by molar-refractivity contribution is -0.385. The van der Waals surface area contributed by atoms with E-state index in [2.05, 4.69) is 10.5 Å². The Balaban J connectivity index is 1.55. The van der Waals surface area contributed by atoms with E-state index >= 15 is 0 Å². The minimum absolute atomic E-state index is 0.00480. The van der Waals surface area contributed by atoms with Crippen molar-refractivity contribution < 1.29 is 24.5 Å². The number of rotatable bonds is 8. The summed E-state index contributed by atoms with van der Waals surface area (Å²) in [7, 11) is 0. The van der Waals surface area contributed by atoms with Crippen molar-refractivity contribution in [3.05, 3.63) is 104 Å². The Hall–Kier alpha value is -4.80. The van der Waals surface area contributed by atoms with Crippen LogP contribution in [0, 0.1) is 20.2 Å². The van der Waals surface area contributed by atoms with Crippen LogP contribution in [-0.4, -0.2) is 27.1 Å². The summed E-state index contributed by atoms with van der Waals surface area (Å²) in [6, 6.07) is 15.9. The maximum Gasteiger partial charge on any atom is 0.275 e. The van der Waals surface area contributed by atoms with Gasteiger partial charge in [-0.15, -0.1) is 0 Å². The number of carbonyl (C=O) groups is 1. The van der Waals surface area contributed by atoms with Crippen molar-refractivity contribution >= 4 is 23.5 Å². The molecule has 1 amide bonds. The van der Waals surface area contributed by atoms with Crippen LogP contribution in [0.1, 0.15) is 21.5 Å². The Morgan fingerprint density at radius 1 is 0.969 bits per heavy atom. The number of hydrogen-bond donors (Lipinski definition) is 2. The van der Waals surface area contributed by atoms with Gasteiger partial charge in [-0.05, 0) is 53.6 Å². The van der Waals surface area contributed by atoms with Gasteiger partial charge in [-0.3, -0.25) is 25.0 Å². The van der Waals surface area contributed by atoms with E-state index in [-0.39, 0.29) is 23.5 Å². The Morgan fingerprint density at radius 3 is 2.22 bits per heavy atom. The first kappa shape index (κ1) is 21.9. The Bertz CT molecular complexity index is 1180. The normalized spacial score (nSPS) is 10.6. The molecule has 0 saturated heterocycles. The molecule has 11 nitrogen and oxygen atoms in total. The van der Waals surface area contributed by atoms with Crippen molar-refractivity contribution in [2.75, 3.05) is 0 Å². The first-order valence-electron chi connectivity index (χ1n) is 9.10. The monoisotopic (exact) mass is 436 g/mol. The number of amides is 1. The maximum absolute atomic E-state index is 12.1. The molecule has 0 bridgehead atoms. The fourth-order valence-electron chi connectivity index (χ4n) is 2.58. The van der Waals surface area contributed by atoms with Gasteiger partial charge in [0.15, 0.2) is 0 Å². The first-order chi connectivity index (χ1) is 15.3. The number of nitrogens with one attached hydrogen (secondary N) is 1. The van der Waals surface area contributed by atoms with Gasteiger partial charge in [0, 0.05) is 24.3 Å². The minimum Gasteiger partial charge on any atom is -0.507 e. The van der Waals surface area contributed by atoms with Gasteiger partial charge in [-0.25, -0.2) is 5.43 Å². The number of hydrazone groups is 1. The van der Waals surface area contributed by atoms with Crippen LogP contribution in [0.15, 0.2) is 71.8 Å². The molecule has 3 rings (SSSR count). The first-order valence-corrected chi connectivity index (χ1v) is 9.10. The zero-order valence-corrected chi connectivity index (χ0v) is 16.4. The van der Waals surface area contributed by atoms with Crippen LogP contribution in [0.4, 0.5) is 11.4 Å². The number of hydrogen-bond acceptors (Lipinski definition) is 8. The van der Waals surface area contributed by atoms with Crippen LogP contribution in [0.25, 0.3) is 0 Å². The van der Waals surface area contributed by atoms with E-state index in [1.54, 1.807) is 36.4 Å². The van der Waals surface area contributed by atoms with Crippen LogP contribution in [0.3, 0.4) is 0 Å². The molecule has 0 spiro atoms. The van der Waals surface area contributed by atoms with Gasteiger partial charge in [0.2, 0.25) is 0 Å². The van der Waals surface area contributed by atoms with Crippen LogP contribution in [-0.2, 0) is 6.61 Å². The Labute approximate surface area is 180 Å². The number of non-ortho nitro benzene ring substituents is 2. The van der Waals surface area contributed by atoms with Gasteiger partial charge >= 0.3 is 0 Å². The highest BCUT2D eigenvalue weighted by atomic mass is 16.6. The van der Waals surface area contributed by atoms with Crippen molar-refractivity contribution in [3.63, 3.8) is 0 Å². The fraction of sp³-hybridized carbons (Fsp3) is 0.0476. The molecule has 162 valence electrons. The molecule has 11 heteroatoms. The number of aromatic hydroxyl groups is 1. The summed E-state index contributed by atoms with van der Waals surface area (Å²) in [6.45, 7) is 0.230. The molecule has 0 saturated carbocycles. The predicted molar refractivity (Wildman–Crippen MR) is 114 cm³/mol. The number of nitro benzene ring substituents is 2. The Morgan fingerprint density at radius 2 is 1.59 bits per heavy atom. The minimum atomic E-state index is -0.800. The van der Waals surface area contributed by atoms with Crippen LogP contribution in [0.2, 0.25) is 0 Å². The molecular formula is C21H16N4O7. The van der Waals surface area contributed by atoms with Crippen molar-refractivity contribution in [1.29, 1.82) is 0 Å². The zero-order valence-electron chi connectivity index (χ0n) is 16.4. The van der Waals surface area contributed by atoms with E-state index < -0.39 is 21.5 Å². The molecule has 3 aromatic rings. The lowest BCUT2D eigenvalue weighted by atomic mass is 10.1. The molecule has 0 unspecified atom stereocenters. The number of benzene rings is 3. The number of carbonyl (C=O) groups excluding carboxylic acids is 1. The van der Waals surface area contributed by atoms with E-state index in [9.17, 15) is 30.1 Å². The second-order valence-electron chi connectivity index (χ2n) is 6.44. The van der Waals surface area contributed by atoms with Gasteiger partial charge < -0.3 is 9.84 Å². The van der Waals surface area contributed by atoms with Crippen molar-refractivity contribution in [1.82, 2.24) is 5.43 Å². The molecule has 32 heavy (non-hydrogen) atoms. The van der Waals surface area contributed by atoms with Crippen molar-refractivity contribution in [3.8, 4) is 11.5 Å². The van der Waals surface area contributed by atoms with Crippen LogP contribution in [0.5, 0.6) is 11.5 Å². The van der Waals surface area contributed by atoms with Crippen LogP contribution < -0.4 is 10.2 Å². The quantitative estimate of drug-likeness (QED) is 0.310. The van der Waals surface area contributed by atoms with Gasteiger partial charge in [0.25, 0.3) is 17.3 Å². The molecule has 0 atom stereocenters. The highest BCUT2D eigenvalue weighted by molar-refractivity contribution is 5.98. The van der Waals surface area contributed by atoms with Crippen molar-refractivity contribution in [2.45, 2.75) is 6.61 Å². The molecule has 0 fully saturated rings. The van der Waals surface area contributed by atoms with E-state index in [1.165, 1.54) is 18.3 Å². The smallest absolute Gasteiger partial charge is 0.275 e. The molecule has 0 aromatic heterocycles. The molecule has 0 aliphatic rings. The van der Waals surface area contributed by atoms with E-state index in [1.807, 2.05) is 0 Å². The average Bonchev–Trinajstić information content (AvgIpc) is 2.78. The lowest BCUT2D eigenvalue weighted by Gasteiger charge is -2.06. The molecule has 2 N–H and O–H groups in total. The molecule has 0 aliphatic heterocycles. The summed E-state index contributed by atoms with van der Waals surface area (Å²) < 4.78 is 5.62. The summed E-state index contributed by atoms with van der Waals surface area (Å²) in [5.74, 6) is -0.644. The summed E-state index contributed by atoms with van der Waals surface area (Å²) >= 11 is 0. The third kappa shape index (κ3) is 5.63. The number of phenolic OH excluding ortho intramolecular Hbond substituents is 1. The fourth-order valence-corrected chi connectivity index (χ4v) is 2.58. The SMILES string of the molecule is O=C(N/N=C/c1ccc(OCc2ccc([N+](=O)[O-])cc2)cc1)c1cc([N+](=O)[O-])ccc1O. The lowest BCUT2D eigenvalue weighted by Crippen LogP contribution is -2.18. The average molecular weight is 436 g/mol.